The maximum absolute atomic E-state index is 12.8. The van der Waals surface area contributed by atoms with E-state index in [1.165, 1.54) is 0 Å². The maximum atomic E-state index is 12.8. The highest BCUT2D eigenvalue weighted by atomic mass is 16.3. The van der Waals surface area contributed by atoms with Gasteiger partial charge in [0.1, 0.15) is 23.0 Å². The molecule has 8 heteroatoms. The molecule has 29 heavy (non-hydrogen) atoms. The molecule has 1 N–H and O–H groups in total. The molecule has 0 saturated carbocycles. The molecule has 0 fully saturated rings. The van der Waals surface area contributed by atoms with Crippen LogP contribution in [0.3, 0.4) is 0 Å². The monoisotopic (exact) mass is 395 g/mol. The first-order valence-corrected chi connectivity index (χ1v) is 9.83. The van der Waals surface area contributed by atoms with Crippen molar-refractivity contribution in [3.8, 4) is 11.4 Å². The minimum absolute atomic E-state index is 0.0618. The summed E-state index contributed by atoms with van der Waals surface area (Å²) >= 11 is 0. The summed E-state index contributed by atoms with van der Waals surface area (Å²) in [6.45, 7) is 3.62. The second kappa shape index (κ2) is 7.98. The fourth-order valence-electron chi connectivity index (χ4n) is 3.60. The zero-order valence-corrected chi connectivity index (χ0v) is 16.7. The lowest BCUT2D eigenvalue weighted by Crippen LogP contribution is -2.38. The fourth-order valence-corrected chi connectivity index (χ4v) is 3.60. The third-order valence-electron chi connectivity index (χ3n) is 5.12. The molecule has 1 aliphatic rings. The molecule has 152 valence electrons. The van der Waals surface area contributed by atoms with Crippen LogP contribution < -0.4 is 10.2 Å². The van der Waals surface area contributed by atoms with Crippen LogP contribution in [-0.2, 0) is 29.7 Å². The van der Waals surface area contributed by atoms with Gasteiger partial charge in [0.15, 0.2) is 0 Å². The van der Waals surface area contributed by atoms with Gasteiger partial charge in [-0.25, -0.2) is 4.68 Å². The first-order chi connectivity index (χ1) is 14.0. The second-order valence-corrected chi connectivity index (χ2v) is 7.30. The summed E-state index contributed by atoms with van der Waals surface area (Å²) < 4.78 is 9.32. The molecule has 0 spiro atoms. The Balaban J connectivity index is 1.37. The van der Waals surface area contributed by atoms with Crippen LogP contribution in [0, 0.1) is 6.92 Å². The predicted molar refractivity (Wildman–Crippen MR) is 108 cm³/mol. The first-order valence-electron chi connectivity index (χ1n) is 9.83. The number of aromatic nitrogens is 3. The number of furan rings is 1. The molecule has 4 rings (SSSR count). The van der Waals surface area contributed by atoms with Gasteiger partial charge in [-0.1, -0.05) is 0 Å². The molecule has 0 saturated heterocycles. The average Bonchev–Trinajstić information content (AvgIpc) is 3.43. The SMILES string of the molecule is Cc1ccc(CNC(=O)CCC(=O)N2CCCn3nc(-c4cccn4C)cc32)o1. The smallest absolute Gasteiger partial charge is 0.228 e. The van der Waals surface area contributed by atoms with Crippen molar-refractivity contribution in [3.63, 3.8) is 0 Å². The van der Waals surface area contributed by atoms with Crippen molar-refractivity contribution in [2.75, 3.05) is 11.4 Å². The Morgan fingerprint density at radius 1 is 1.21 bits per heavy atom. The summed E-state index contributed by atoms with van der Waals surface area (Å²) in [5.41, 5.74) is 1.85. The topological polar surface area (TPSA) is 85.3 Å². The van der Waals surface area contributed by atoms with Crippen LogP contribution in [0.25, 0.3) is 11.4 Å². The van der Waals surface area contributed by atoms with E-state index in [1.54, 1.807) is 4.90 Å². The first kappa shape index (κ1) is 19.0. The highest BCUT2D eigenvalue weighted by Crippen LogP contribution is 2.28. The van der Waals surface area contributed by atoms with Gasteiger partial charge in [-0.3, -0.25) is 14.5 Å². The van der Waals surface area contributed by atoms with Crippen LogP contribution in [-0.4, -0.2) is 32.7 Å². The molecule has 2 amide bonds. The highest BCUT2D eigenvalue weighted by Gasteiger charge is 2.25. The number of nitrogens with zero attached hydrogens (tertiary/aromatic N) is 4. The minimum Gasteiger partial charge on any atom is -0.465 e. The molecule has 0 unspecified atom stereocenters. The number of hydrogen-bond donors (Lipinski definition) is 1. The second-order valence-electron chi connectivity index (χ2n) is 7.30. The molecule has 0 aliphatic carbocycles. The van der Waals surface area contributed by atoms with Gasteiger partial charge in [0.25, 0.3) is 0 Å². The van der Waals surface area contributed by atoms with Gasteiger partial charge in [-0.15, -0.1) is 0 Å². The number of aryl methyl sites for hydroxylation is 3. The minimum atomic E-state index is -0.164. The number of rotatable bonds is 6. The lowest BCUT2D eigenvalue weighted by Gasteiger charge is -2.27. The van der Waals surface area contributed by atoms with Gasteiger partial charge in [0, 0.05) is 45.2 Å². The summed E-state index contributed by atoms with van der Waals surface area (Å²) in [6.07, 6.45) is 3.12. The Hall–Kier alpha value is -3.29. The molecule has 0 radical (unpaired) electrons. The quantitative estimate of drug-likeness (QED) is 0.695. The molecular formula is C21H25N5O3. The van der Waals surface area contributed by atoms with Crippen LogP contribution in [0.4, 0.5) is 5.82 Å². The molecule has 0 atom stereocenters. The summed E-state index contributed by atoms with van der Waals surface area (Å²) in [7, 11) is 1.97. The van der Waals surface area contributed by atoms with Crippen LogP contribution in [0.1, 0.15) is 30.8 Å². The van der Waals surface area contributed by atoms with Crippen molar-refractivity contribution in [1.29, 1.82) is 0 Å². The number of hydrogen-bond acceptors (Lipinski definition) is 4. The molecule has 3 aromatic heterocycles. The Kier molecular flexibility index (Phi) is 5.24. The molecule has 3 aromatic rings. The van der Waals surface area contributed by atoms with Crippen LogP contribution >= 0.6 is 0 Å². The van der Waals surface area contributed by atoms with E-state index in [1.807, 2.05) is 59.7 Å². The van der Waals surface area contributed by atoms with Gasteiger partial charge < -0.3 is 14.3 Å². The average molecular weight is 395 g/mol. The molecule has 1 aliphatic heterocycles. The van der Waals surface area contributed by atoms with Crippen molar-refractivity contribution in [3.05, 3.63) is 48.0 Å². The number of carbonyl (C=O) groups is 2. The normalized spacial score (nSPS) is 13.4. The van der Waals surface area contributed by atoms with Gasteiger partial charge in [-0.05, 0) is 37.6 Å². The molecule has 4 heterocycles. The summed E-state index contributed by atoms with van der Waals surface area (Å²) in [4.78, 5) is 26.6. The van der Waals surface area contributed by atoms with E-state index < -0.39 is 0 Å². The van der Waals surface area contributed by atoms with Crippen LogP contribution in [0.2, 0.25) is 0 Å². The Morgan fingerprint density at radius 3 is 2.79 bits per heavy atom. The molecule has 0 bridgehead atoms. The fraction of sp³-hybridized carbons (Fsp3) is 0.381. The standard InChI is InChI=1S/C21H25N5O3/c1-15-6-7-16(29-15)14-22-19(27)8-9-21(28)25-11-4-12-26-20(25)13-17(23-26)18-5-3-10-24(18)2/h3,5-7,10,13H,4,8-9,11-12,14H2,1-2H3,(H,22,27). The molecule has 8 nitrogen and oxygen atoms in total. The number of anilines is 1. The van der Waals surface area contributed by atoms with Crippen molar-refractivity contribution in [2.45, 2.75) is 39.3 Å². The summed E-state index contributed by atoms with van der Waals surface area (Å²) in [6, 6.07) is 9.62. The zero-order valence-electron chi connectivity index (χ0n) is 16.7. The number of fused-ring (bicyclic) bond motifs is 1. The van der Waals surface area contributed by atoms with Crippen molar-refractivity contribution < 1.29 is 14.0 Å². The van der Waals surface area contributed by atoms with E-state index in [-0.39, 0.29) is 24.7 Å². The van der Waals surface area contributed by atoms with Crippen molar-refractivity contribution >= 4 is 17.6 Å². The van der Waals surface area contributed by atoms with E-state index >= 15 is 0 Å². The van der Waals surface area contributed by atoms with E-state index in [4.69, 9.17) is 4.42 Å². The summed E-state index contributed by atoms with van der Waals surface area (Å²) in [5, 5.41) is 7.45. The Labute approximate surface area is 169 Å². The van der Waals surface area contributed by atoms with Crippen molar-refractivity contribution in [2.24, 2.45) is 7.05 Å². The van der Waals surface area contributed by atoms with E-state index in [2.05, 4.69) is 10.4 Å². The Bertz CT molecular complexity index is 1030. The maximum Gasteiger partial charge on any atom is 0.228 e. The lowest BCUT2D eigenvalue weighted by molar-refractivity contribution is -0.125. The third-order valence-corrected chi connectivity index (χ3v) is 5.12. The summed E-state index contributed by atoms with van der Waals surface area (Å²) in [5.74, 6) is 2.08. The van der Waals surface area contributed by atoms with Crippen LogP contribution in [0.5, 0.6) is 0 Å². The van der Waals surface area contributed by atoms with E-state index in [0.717, 1.165) is 35.9 Å². The van der Waals surface area contributed by atoms with Gasteiger partial charge in [0.05, 0.1) is 12.2 Å². The van der Waals surface area contributed by atoms with E-state index in [0.29, 0.717) is 18.8 Å². The van der Waals surface area contributed by atoms with Crippen molar-refractivity contribution in [1.82, 2.24) is 19.7 Å². The van der Waals surface area contributed by atoms with Gasteiger partial charge in [0.2, 0.25) is 11.8 Å². The number of nitrogens with one attached hydrogen (secondary N) is 1. The highest BCUT2D eigenvalue weighted by molar-refractivity contribution is 5.95. The predicted octanol–water partition coefficient (Wildman–Crippen LogP) is 2.62. The number of carbonyl (C=O) groups excluding carboxylic acids is 2. The molecular weight excluding hydrogens is 370 g/mol. The molecule has 0 aromatic carbocycles. The van der Waals surface area contributed by atoms with E-state index in [9.17, 15) is 9.59 Å². The van der Waals surface area contributed by atoms with Gasteiger partial charge in [-0.2, -0.15) is 5.10 Å². The largest absolute Gasteiger partial charge is 0.465 e. The number of amides is 2. The lowest BCUT2D eigenvalue weighted by atomic mass is 10.2. The third kappa shape index (κ3) is 4.11. The Morgan fingerprint density at radius 2 is 2.07 bits per heavy atom. The van der Waals surface area contributed by atoms with Gasteiger partial charge >= 0.3 is 0 Å². The van der Waals surface area contributed by atoms with Crippen LogP contribution in [0.15, 0.2) is 40.9 Å². The zero-order chi connectivity index (χ0) is 20.4.